The first-order valence-corrected chi connectivity index (χ1v) is 8.70. The number of fused-ring (bicyclic) bond motifs is 3. The van der Waals surface area contributed by atoms with Gasteiger partial charge in [0.1, 0.15) is 23.2 Å². The number of phenols is 3. The number of carboxylic acids is 1. The van der Waals surface area contributed by atoms with Gasteiger partial charge in [-0.1, -0.05) is 6.92 Å². The number of hydrogen-bond acceptors (Lipinski definition) is 7. The van der Waals surface area contributed by atoms with E-state index in [0.717, 1.165) is 24.3 Å². The molecule has 146 valence electrons. The molecule has 0 amide bonds. The highest BCUT2D eigenvalue weighted by molar-refractivity contribution is 6.31. The van der Waals surface area contributed by atoms with Gasteiger partial charge in [-0.3, -0.25) is 19.2 Å². The Morgan fingerprint density at radius 3 is 2.21 bits per heavy atom. The van der Waals surface area contributed by atoms with Crippen molar-refractivity contribution in [3.05, 3.63) is 63.2 Å². The quantitative estimate of drug-likeness (QED) is 0.517. The van der Waals surface area contributed by atoms with E-state index in [1.807, 2.05) is 0 Å². The van der Waals surface area contributed by atoms with Gasteiger partial charge in [-0.2, -0.15) is 0 Å². The van der Waals surface area contributed by atoms with Crippen LogP contribution in [0, 0.1) is 0 Å². The SMILES string of the molecule is CCC1=CC(=O)c2c(cc3c(c2O)C(=O)c2c(O)cc(O)cc2C3=O)[C@@H]1C(=O)O. The number of hydrogen-bond donors (Lipinski definition) is 4. The zero-order chi connectivity index (χ0) is 21.2. The minimum atomic E-state index is -1.27. The molecule has 8 heteroatoms. The van der Waals surface area contributed by atoms with Crippen LogP contribution in [0.5, 0.6) is 17.2 Å². The Labute approximate surface area is 163 Å². The summed E-state index contributed by atoms with van der Waals surface area (Å²) in [6.45, 7) is 1.68. The number of benzene rings is 2. The van der Waals surface area contributed by atoms with Gasteiger partial charge in [0.25, 0.3) is 0 Å². The molecule has 0 bridgehead atoms. The maximum atomic E-state index is 13.0. The molecule has 2 aliphatic rings. The van der Waals surface area contributed by atoms with Crippen LogP contribution < -0.4 is 0 Å². The number of carbonyl (C=O) groups excluding carboxylic acids is 3. The zero-order valence-electron chi connectivity index (χ0n) is 15.0. The number of aliphatic carboxylic acids is 1. The summed E-state index contributed by atoms with van der Waals surface area (Å²) in [5.41, 5.74) is -1.57. The Morgan fingerprint density at radius 1 is 0.931 bits per heavy atom. The van der Waals surface area contributed by atoms with Crippen molar-refractivity contribution >= 4 is 23.3 Å². The first kappa shape index (κ1) is 18.4. The average Bonchev–Trinajstić information content (AvgIpc) is 2.64. The van der Waals surface area contributed by atoms with Crippen LogP contribution in [0.4, 0.5) is 0 Å². The summed E-state index contributed by atoms with van der Waals surface area (Å²) < 4.78 is 0. The van der Waals surface area contributed by atoms with Crippen molar-refractivity contribution in [2.24, 2.45) is 0 Å². The van der Waals surface area contributed by atoms with Crippen LogP contribution in [0.25, 0.3) is 0 Å². The zero-order valence-corrected chi connectivity index (χ0v) is 15.0. The number of carboxylic acid groups (broad SMARTS) is 1. The molecule has 1 atom stereocenters. The van der Waals surface area contributed by atoms with E-state index in [-0.39, 0.29) is 28.7 Å². The molecular formula is C21H14O8. The summed E-state index contributed by atoms with van der Waals surface area (Å²) in [6, 6.07) is 3.02. The monoisotopic (exact) mass is 394 g/mol. The van der Waals surface area contributed by atoms with Crippen LogP contribution in [0.1, 0.15) is 67.0 Å². The molecule has 0 saturated carbocycles. The molecule has 2 aromatic carbocycles. The van der Waals surface area contributed by atoms with E-state index < -0.39 is 57.6 Å². The molecular weight excluding hydrogens is 380 g/mol. The maximum Gasteiger partial charge on any atom is 0.315 e. The summed E-state index contributed by atoms with van der Waals surface area (Å²) >= 11 is 0. The van der Waals surface area contributed by atoms with Crippen molar-refractivity contribution in [3.8, 4) is 17.2 Å². The second kappa shape index (κ2) is 6.03. The van der Waals surface area contributed by atoms with E-state index in [4.69, 9.17) is 0 Å². The summed E-state index contributed by atoms with van der Waals surface area (Å²) in [5.74, 6) is -6.78. The van der Waals surface area contributed by atoms with Crippen molar-refractivity contribution in [2.45, 2.75) is 19.3 Å². The lowest BCUT2D eigenvalue weighted by atomic mass is 9.74. The van der Waals surface area contributed by atoms with Gasteiger partial charge in [-0.15, -0.1) is 0 Å². The molecule has 0 spiro atoms. The van der Waals surface area contributed by atoms with E-state index in [9.17, 15) is 39.6 Å². The highest BCUT2D eigenvalue weighted by atomic mass is 16.4. The summed E-state index contributed by atoms with van der Waals surface area (Å²) in [4.78, 5) is 50.3. The second-order valence-corrected chi connectivity index (χ2v) is 6.87. The minimum Gasteiger partial charge on any atom is -0.508 e. The lowest BCUT2D eigenvalue weighted by molar-refractivity contribution is -0.137. The van der Waals surface area contributed by atoms with E-state index in [0.29, 0.717) is 5.57 Å². The van der Waals surface area contributed by atoms with Gasteiger partial charge in [0.15, 0.2) is 11.6 Å². The largest absolute Gasteiger partial charge is 0.508 e. The highest BCUT2D eigenvalue weighted by Crippen LogP contribution is 2.45. The van der Waals surface area contributed by atoms with Crippen molar-refractivity contribution < 1.29 is 39.6 Å². The first-order chi connectivity index (χ1) is 13.7. The number of aromatic hydroxyl groups is 3. The van der Waals surface area contributed by atoms with Crippen LogP contribution >= 0.6 is 0 Å². The van der Waals surface area contributed by atoms with Gasteiger partial charge in [0.05, 0.1) is 16.7 Å². The predicted octanol–water partition coefficient (Wildman–Crippen LogP) is 2.28. The van der Waals surface area contributed by atoms with Crippen molar-refractivity contribution in [3.63, 3.8) is 0 Å². The Morgan fingerprint density at radius 2 is 1.59 bits per heavy atom. The van der Waals surface area contributed by atoms with Gasteiger partial charge in [0.2, 0.25) is 5.78 Å². The molecule has 0 radical (unpaired) electrons. The summed E-state index contributed by atoms with van der Waals surface area (Å²) in [7, 11) is 0. The fraction of sp³-hybridized carbons (Fsp3) is 0.143. The molecule has 0 aliphatic heterocycles. The molecule has 8 nitrogen and oxygen atoms in total. The van der Waals surface area contributed by atoms with Crippen molar-refractivity contribution in [2.75, 3.05) is 0 Å². The Kier molecular flexibility index (Phi) is 3.83. The van der Waals surface area contributed by atoms with Crippen molar-refractivity contribution in [1.82, 2.24) is 0 Å². The number of allylic oxidation sites excluding steroid dienone is 1. The number of rotatable bonds is 2. The molecule has 4 N–H and O–H groups in total. The third-order valence-corrected chi connectivity index (χ3v) is 5.28. The lowest BCUT2D eigenvalue weighted by Crippen LogP contribution is -2.27. The van der Waals surface area contributed by atoms with Gasteiger partial charge in [-0.25, -0.2) is 0 Å². The van der Waals surface area contributed by atoms with Crippen molar-refractivity contribution in [1.29, 1.82) is 0 Å². The fourth-order valence-corrected chi connectivity index (χ4v) is 4.01. The van der Waals surface area contributed by atoms with E-state index in [1.165, 1.54) is 0 Å². The van der Waals surface area contributed by atoms with E-state index >= 15 is 0 Å². The molecule has 0 unspecified atom stereocenters. The fourth-order valence-electron chi connectivity index (χ4n) is 4.01. The van der Waals surface area contributed by atoms with Gasteiger partial charge in [0, 0.05) is 17.2 Å². The second-order valence-electron chi connectivity index (χ2n) is 6.87. The van der Waals surface area contributed by atoms with Crippen LogP contribution in [-0.4, -0.2) is 43.7 Å². The van der Waals surface area contributed by atoms with Crippen LogP contribution in [-0.2, 0) is 4.79 Å². The molecule has 2 aromatic rings. The van der Waals surface area contributed by atoms with Gasteiger partial charge in [-0.05, 0) is 35.8 Å². The standard InChI is InChI=1S/C21H14O8/c1-2-7-3-12(23)15-9(14(7)21(28)29)6-11-17(19(15)26)20(27)16-10(18(11)25)4-8(22)5-13(16)24/h3-6,14,22,24,26H,2H2,1H3,(H,28,29)/t14-/m1/s1. The molecule has 4 rings (SSSR count). The molecule has 29 heavy (non-hydrogen) atoms. The van der Waals surface area contributed by atoms with E-state index in [1.54, 1.807) is 6.92 Å². The highest BCUT2D eigenvalue weighted by Gasteiger charge is 2.41. The Hall–Kier alpha value is -3.94. The Balaban J connectivity index is 2.07. The Bertz CT molecular complexity index is 1200. The predicted molar refractivity (Wildman–Crippen MR) is 97.8 cm³/mol. The molecule has 0 aromatic heterocycles. The minimum absolute atomic E-state index is 0.0768. The van der Waals surface area contributed by atoms with Gasteiger partial charge >= 0.3 is 5.97 Å². The van der Waals surface area contributed by atoms with Gasteiger partial charge < -0.3 is 20.4 Å². The smallest absolute Gasteiger partial charge is 0.315 e. The van der Waals surface area contributed by atoms with Crippen LogP contribution in [0.3, 0.4) is 0 Å². The summed E-state index contributed by atoms with van der Waals surface area (Å²) in [5, 5.41) is 40.1. The van der Waals surface area contributed by atoms with E-state index in [2.05, 4.69) is 0 Å². The third kappa shape index (κ3) is 2.39. The first-order valence-electron chi connectivity index (χ1n) is 8.70. The number of ketones is 3. The average molecular weight is 394 g/mol. The number of phenolic OH excluding ortho intramolecular Hbond substituents is 3. The molecule has 2 aliphatic carbocycles. The molecule has 0 fully saturated rings. The number of carbonyl (C=O) groups is 4. The topological polar surface area (TPSA) is 149 Å². The third-order valence-electron chi connectivity index (χ3n) is 5.28. The normalized spacial score (nSPS) is 17.3. The van der Waals surface area contributed by atoms with Crippen LogP contribution in [0.15, 0.2) is 29.8 Å². The van der Waals surface area contributed by atoms with Crippen LogP contribution in [0.2, 0.25) is 0 Å². The summed E-state index contributed by atoms with van der Waals surface area (Å²) in [6.07, 6.45) is 1.38. The molecule has 0 heterocycles. The molecule has 0 saturated heterocycles. The lowest BCUT2D eigenvalue weighted by Gasteiger charge is -2.27. The maximum absolute atomic E-state index is 13.0.